The molecule has 0 unspecified atom stereocenters. The van der Waals surface area contributed by atoms with Crippen LogP contribution in [0.2, 0.25) is 0 Å². The highest BCUT2D eigenvalue weighted by atomic mass is 16.4. The van der Waals surface area contributed by atoms with Crippen LogP contribution in [0, 0.1) is 0 Å². The van der Waals surface area contributed by atoms with Crippen molar-refractivity contribution in [1.29, 1.82) is 0 Å². The van der Waals surface area contributed by atoms with E-state index in [9.17, 15) is 14.4 Å². The molecular weight excluding hydrogens is 516 g/mol. The van der Waals surface area contributed by atoms with E-state index < -0.39 is 11.4 Å². The highest BCUT2D eigenvalue weighted by molar-refractivity contribution is 6.08. The van der Waals surface area contributed by atoms with Crippen LogP contribution >= 0.6 is 0 Å². The second-order valence-electron chi connectivity index (χ2n) is 10.9. The molecule has 4 aromatic rings. The molecule has 0 bridgehead atoms. The number of carbonyl (C=O) groups is 3. The number of likely N-dealkylation sites (tertiary alicyclic amines) is 1. The van der Waals surface area contributed by atoms with Crippen LogP contribution in [-0.2, 0) is 21.4 Å². The van der Waals surface area contributed by atoms with Gasteiger partial charge in [-0.2, -0.15) is 0 Å². The van der Waals surface area contributed by atoms with Gasteiger partial charge in [-0.15, -0.1) is 0 Å². The number of anilines is 1. The summed E-state index contributed by atoms with van der Waals surface area (Å²) in [4.78, 5) is 51.3. The van der Waals surface area contributed by atoms with Gasteiger partial charge in [-0.3, -0.25) is 14.4 Å². The third-order valence-electron chi connectivity index (χ3n) is 8.48. The SMILES string of the molecule is CN1C(=O)C2(CCN(C(=O)c3ccc4nc(-c5ccccc5)c(CCCCC(=O)O)nc4c3)CC2)c2ccccc21. The zero-order chi connectivity index (χ0) is 28.6. The third kappa shape index (κ3) is 4.84. The number of piperidine rings is 1. The second-order valence-corrected chi connectivity index (χ2v) is 10.9. The smallest absolute Gasteiger partial charge is 0.303 e. The molecule has 41 heavy (non-hydrogen) atoms. The molecule has 208 valence electrons. The first kappa shape index (κ1) is 26.6. The fraction of sp³-hybridized carbons (Fsp3) is 0.303. The van der Waals surface area contributed by atoms with Gasteiger partial charge < -0.3 is 14.9 Å². The number of hydrogen-bond acceptors (Lipinski definition) is 5. The summed E-state index contributed by atoms with van der Waals surface area (Å²) in [7, 11) is 1.83. The normalized spacial score (nSPS) is 15.9. The molecule has 2 aliphatic heterocycles. The minimum atomic E-state index is -0.807. The van der Waals surface area contributed by atoms with Crippen LogP contribution in [0.15, 0.2) is 72.8 Å². The Morgan fingerprint density at radius 3 is 2.39 bits per heavy atom. The summed E-state index contributed by atoms with van der Waals surface area (Å²) in [6, 6.07) is 23.2. The number of likely N-dealkylation sites (N-methyl/N-ethyl adjacent to an activating group) is 1. The summed E-state index contributed by atoms with van der Waals surface area (Å²) in [6.45, 7) is 0.996. The summed E-state index contributed by atoms with van der Waals surface area (Å²) in [5.74, 6) is -0.777. The van der Waals surface area contributed by atoms with Gasteiger partial charge in [0.2, 0.25) is 5.91 Å². The maximum atomic E-state index is 13.6. The molecule has 8 heteroatoms. The molecule has 1 spiro atoms. The molecule has 6 rings (SSSR count). The van der Waals surface area contributed by atoms with Crippen LogP contribution in [0.1, 0.15) is 53.7 Å². The van der Waals surface area contributed by atoms with Crippen LogP contribution in [0.3, 0.4) is 0 Å². The van der Waals surface area contributed by atoms with Crippen LogP contribution in [0.25, 0.3) is 22.3 Å². The van der Waals surface area contributed by atoms with E-state index in [0.717, 1.165) is 28.2 Å². The van der Waals surface area contributed by atoms with Gasteiger partial charge in [-0.1, -0.05) is 48.5 Å². The van der Waals surface area contributed by atoms with E-state index in [-0.39, 0.29) is 18.2 Å². The molecule has 8 nitrogen and oxygen atoms in total. The fourth-order valence-electron chi connectivity index (χ4n) is 6.27. The number of unbranched alkanes of at least 4 members (excludes halogenated alkanes) is 1. The predicted molar refractivity (Wildman–Crippen MR) is 157 cm³/mol. The van der Waals surface area contributed by atoms with E-state index in [1.165, 1.54) is 0 Å². The lowest BCUT2D eigenvalue weighted by Crippen LogP contribution is -2.49. The van der Waals surface area contributed by atoms with Crippen LogP contribution in [0.5, 0.6) is 0 Å². The topological polar surface area (TPSA) is 104 Å². The maximum Gasteiger partial charge on any atom is 0.303 e. The average molecular weight is 549 g/mol. The van der Waals surface area contributed by atoms with Crippen molar-refractivity contribution in [3.05, 3.63) is 89.6 Å². The number of aryl methyl sites for hydroxylation is 1. The van der Waals surface area contributed by atoms with E-state index >= 15 is 0 Å². The number of benzene rings is 3. The molecule has 1 fully saturated rings. The van der Waals surface area contributed by atoms with Crippen molar-refractivity contribution in [2.75, 3.05) is 25.0 Å². The molecule has 0 radical (unpaired) electrons. The van der Waals surface area contributed by atoms with Gasteiger partial charge in [-0.05, 0) is 61.9 Å². The summed E-state index contributed by atoms with van der Waals surface area (Å²) >= 11 is 0. The summed E-state index contributed by atoms with van der Waals surface area (Å²) in [6.07, 6.45) is 3.13. The van der Waals surface area contributed by atoms with Crippen LogP contribution < -0.4 is 4.90 Å². The number of rotatable bonds is 7. The number of aromatic nitrogens is 2. The summed E-state index contributed by atoms with van der Waals surface area (Å²) in [5.41, 5.74) is 5.85. The van der Waals surface area contributed by atoms with E-state index in [4.69, 9.17) is 15.1 Å². The standard InChI is InChI=1S/C33H32N4O4/c1-36-28-13-7-5-11-24(28)33(32(36)41)17-19-37(20-18-33)31(40)23-15-16-25-27(21-23)34-26(12-6-8-14-29(38)39)30(35-25)22-9-3-2-4-10-22/h2-5,7,9-11,13,15-16,21H,6,8,12,14,17-20H2,1H3,(H,38,39). The Kier molecular flexibility index (Phi) is 6.99. The number of para-hydroxylation sites is 1. The first-order valence-corrected chi connectivity index (χ1v) is 14.1. The Balaban J connectivity index is 1.24. The number of amides is 2. The third-order valence-corrected chi connectivity index (χ3v) is 8.48. The van der Waals surface area contributed by atoms with Crippen molar-refractivity contribution in [2.45, 2.75) is 43.9 Å². The molecule has 1 saturated heterocycles. The Morgan fingerprint density at radius 2 is 1.63 bits per heavy atom. The molecular formula is C33H32N4O4. The van der Waals surface area contributed by atoms with E-state index in [0.29, 0.717) is 61.8 Å². The monoisotopic (exact) mass is 548 g/mol. The Bertz CT molecular complexity index is 1640. The number of carboxylic acid groups (broad SMARTS) is 1. The lowest BCUT2D eigenvalue weighted by molar-refractivity contribution is -0.137. The molecule has 0 aliphatic carbocycles. The van der Waals surface area contributed by atoms with Crippen molar-refractivity contribution in [1.82, 2.24) is 14.9 Å². The highest BCUT2D eigenvalue weighted by Crippen LogP contribution is 2.47. The lowest BCUT2D eigenvalue weighted by Gasteiger charge is -2.38. The minimum Gasteiger partial charge on any atom is -0.481 e. The first-order chi connectivity index (χ1) is 19.9. The number of hydrogen-bond donors (Lipinski definition) is 1. The Labute approximate surface area is 238 Å². The molecule has 3 aromatic carbocycles. The summed E-state index contributed by atoms with van der Waals surface area (Å²) < 4.78 is 0. The number of aliphatic carboxylic acids is 1. The molecule has 2 amide bonds. The average Bonchev–Trinajstić information content (AvgIpc) is 3.20. The van der Waals surface area contributed by atoms with Gasteiger partial charge in [-0.25, -0.2) is 9.97 Å². The first-order valence-electron chi connectivity index (χ1n) is 14.1. The zero-order valence-corrected chi connectivity index (χ0v) is 23.0. The largest absolute Gasteiger partial charge is 0.481 e. The molecule has 0 saturated carbocycles. The van der Waals surface area contributed by atoms with Crippen molar-refractivity contribution in [2.24, 2.45) is 0 Å². The predicted octanol–water partition coefficient (Wildman–Crippen LogP) is 5.24. The van der Waals surface area contributed by atoms with E-state index in [1.807, 2.05) is 72.6 Å². The van der Waals surface area contributed by atoms with Crippen molar-refractivity contribution in [3.8, 4) is 11.3 Å². The number of carbonyl (C=O) groups excluding carboxylic acids is 2. The van der Waals surface area contributed by atoms with Gasteiger partial charge in [0.1, 0.15) is 0 Å². The van der Waals surface area contributed by atoms with E-state index in [1.54, 1.807) is 17.0 Å². The van der Waals surface area contributed by atoms with Gasteiger partial charge in [0.05, 0.1) is 27.8 Å². The highest BCUT2D eigenvalue weighted by Gasteiger charge is 2.51. The van der Waals surface area contributed by atoms with Gasteiger partial charge in [0.25, 0.3) is 5.91 Å². The van der Waals surface area contributed by atoms with Crippen molar-refractivity contribution < 1.29 is 19.5 Å². The molecule has 3 heterocycles. The van der Waals surface area contributed by atoms with Crippen molar-refractivity contribution >= 4 is 34.5 Å². The van der Waals surface area contributed by atoms with Crippen molar-refractivity contribution in [3.63, 3.8) is 0 Å². The maximum absolute atomic E-state index is 13.6. The van der Waals surface area contributed by atoms with Gasteiger partial charge in [0, 0.05) is 43.4 Å². The van der Waals surface area contributed by atoms with Crippen LogP contribution in [0.4, 0.5) is 5.69 Å². The lowest BCUT2D eigenvalue weighted by atomic mass is 9.73. The fourth-order valence-corrected chi connectivity index (χ4v) is 6.27. The van der Waals surface area contributed by atoms with Gasteiger partial charge >= 0.3 is 5.97 Å². The second kappa shape index (κ2) is 10.8. The van der Waals surface area contributed by atoms with E-state index in [2.05, 4.69) is 0 Å². The minimum absolute atomic E-state index is 0.0780. The summed E-state index contributed by atoms with van der Waals surface area (Å²) in [5, 5.41) is 9.02. The number of fused-ring (bicyclic) bond motifs is 3. The Hall–Kier alpha value is -4.59. The zero-order valence-electron chi connectivity index (χ0n) is 23.0. The van der Waals surface area contributed by atoms with Crippen LogP contribution in [-0.4, -0.2) is 57.9 Å². The molecule has 1 aromatic heterocycles. The molecule has 1 N–H and O–H groups in total. The molecule has 2 aliphatic rings. The van der Waals surface area contributed by atoms with Gasteiger partial charge in [0.15, 0.2) is 0 Å². The number of carboxylic acids is 1. The Morgan fingerprint density at radius 1 is 0.902 bits per heavy atom. The molecule has 0 atom stereocenters. The quantitative estimate of drug-likeness (QED) is 0.317. The number of nitrogens with zero attached hydrogens (tertiary/aromatic N) is 4.